The minimum atomic E-state index is -0.499. The largest absolute Gasteiger partial charge is 0.507 e. The van der Waals surface area contributed by atoms with E-state index < -0.39 is 6.04 Å². The predicted octanol–water partition coefficient (Wildman–Crippen LogP) is 4.70. The fourth-order valence-electron chi connectivity index (χ4n) is 3.38. The Morgan fingerprint density at radius 3 is 2.19 bits per heavy atom. The zero-order chi connectivity index (χ0) is 18.8. The number of Topliss-reactive ketones (excluding diaryl/α,β-unsaturated/α-hetero) is 1. The predicted molar refractivity (Wildman–Crippen MR) is 106 cm³/mol. The van der Waals surface area contributed by atoms with Crippen molar-refractivity contribution in [2.24, 2.45) is 0 Å². The summed E-state index contributed by atoms with van der Waals surface area (Å²) < 4.78 is 0. The number of allylic oxidation sites excluding steroid dienone is 1. The quantitative estimate of drug-likeness (QED) is 0.547. The highest BCUT2D eigenvalue weighted by molar-refractivity contribution is 6.18. The maximum atomic E-state index is 13.1. The Balaban J connectivity index is 1.95. The van der Waals surface area contributed by atoms with Crippen molar-refractivity contribution in [2.75, 3.05) is 4.90 Å². The Morgan fingerprint density at radius 1 is 0.926 bits per heavy atom. The van der Waals surface area contributed by atoms with Gasteiger partial charge < -0.3 is 10.0 Å². The van der Waals surface area contributed by atoms with E-state index in [1.54, 1.807) is 23.2 Å². The summed E-state index contributed by atoms with van der Waals surface area (Å²) in [7, 11) is 0. The normalized spacial score (nSPS) is 18.7. The van der Waals surface area contributed by atoms with Crippen LogP contribution < -0.4 is 4.90 Å². The van der Waals surface area contributed by atoms with E-state index in [1.807, 2.05) is 66.7 Å². The van der Waals surface area contributed by atoms with Crippen molar-refractivity contribution >= 4 is 17.4 Å². The standard InChI is InChI=1S/C23H18N2O2/c1-16-22(26)20(23(27)18-12-6-3-7-13-18)21(17-10-4-2-5-11-17)25(16)19-14-8-9-15-24-19/h2-15,21,27H,1H2. The Hall–Kier alpha value is -3.66. The van der Waals surface area contributed by atoms with Crippen LogP contribution in [0, 0.1) is 0 Å². The van der Waals surface area contributed by atoms with Gasteiger partial charge in [-0.2, -0.15) is 0 Å². The van der Waals surface area contributed by atoms with Crippen molar-refractivity contribution in [3.63, 3.8) is 0 Å². The minimum Gasteiger partial charge on any atom is -0.507 e. The van der Waals surface area contributed by atoms with Crippen LogP contribution >= 0.6 is 0 Å². The highest BCUT2D eigenvalue weighted by atomic mass is 16.3. The van der Waals surface area contributed by atoms with Gasteiger partial charge >= 0.3 is 0 Å². The molecule has 1 N–H and O–H groups in total. The van der Waals surface area contributed by atoms with Gasteiger partial charge in [0.15, 0.2) is 0 Å². The highest BCUT2D eigenvalue weighted by Gasteiger charge is 2.43. The maximum Gasteiger partial charge on any atom is 0.211 e. The number of ketones is 1. The molecular weight excluding hydrogens is 336 g/mol. The lowest BCUT2D eigenvalue weighted by atomic mass is 9.95. The molecular formula is C23H18N2O2. The van der Waals surface area contributed by atoms with Crippen LogP contribution in [0.3, 0.4) is 0 Å². The van der Waals surface area contributed by atoms with Crippen molar-refractivity contribution in [1.29, 1.82) is 0 Å². The van der Waals surface area contributed by atoms with Gasteiger partial charge in [-0.15, -0.1) is 0 Å². The van der Waals surface area contributed by atoms with Crippen LogP contribution in [0.1, 0.15) is 17.2 Å². The van der Waals surface area contributed by atoms with Crippen LogP contribution in [0.4, 0.5) is 5.82 Å². The summed E-state index contributed by atoms with van der Waals surface area (Å²) in [4.78, 5) is 19.3. The van der Waals surface area contributed by atoms with Crippen LogP contribution in [-0.4, -0.2) is 15.9 Å². The Labute approximate surface area is 157 Å². The summed E-state index contributed by atoms with van der Waals surface area (Å²) >= 11 is 0. The molecule has 0 radical (unpaired) electrons. The molecule has 1 unspecified atom stereocenters. The molecule has 1 aliphatic heterocycles. The molecule has 132 valence electrons. The zero-order valence-electron chi connectivity index (χ0n) is 14.6. The number of anilines is 1. The number of carbonyl (C=O) groups excluding carboxylic acids is 1. The number of aromatic nitrogens is 1. The van der Waals surface area contributed by atoms with Crippen LogP contribution in [0.5, 0.6) is 0 Å². The number of hydrogen-bond acceptors (Lipinski definition) is 4. The monoisotopic (exact) mass is 354 g/mol. The first-order valence-electron chi connectivity index (χ1n) is 8.66. The minimum absolute atomic E-state index is 0.0333. The van der Waals surface area contributed by atoms with Gasteiger partial charge in [0.2, 0.25) is 5.78 Å². The van der Waals surface area contributed by atoms with Crippen molar-refractivity contribution in [3.05, 3.63) is 114 Å². The number of carbonyl (C=O) groups is 1. The van der Waals surface area contributed by atoms with Crippen LogP contribution in [0.15, 0.2) is 103 Å². The van der Waals surface area contributed by atoms with Crippen LogP contribution in [0.2, 0.25) is 0 Å². The molecule has 1 saturated heterocycles. The topological polar surface area (TPSA) is 53.4 Å². The van der Waals surface area contributed by atoms with E-state index in [4.69, 9.17) is 0 Å². The van der Waals surface area contributed by atoms with Gasteiger partial charge in [0.1, 0.15) is 11.6 Å². The van der Waals surface area contributed by atoms with Gasteiger partial charge in [0.05, 0.1) is 17.3 Å². The molecule has 0 saturated carbocycles. The fourth-order valence-corrected chi connectivity index (χ4v) is 3.38. The molecule has 0 amide bonds. The number of aliphatic hydroxyl groups excluding tert-OH is 1. The lowest BCUT2D eigenvalue weighted by Gasteiger charge is -2.26. The zero-order valence-corrected chi connectivity index (χ0v) is 14.6. The Bertz CT molecular complexity index is 1010. The molecule has 3 aromatic rings. The van der Waals surface area contributed by atoms with Crippen LogP contribution in [0.25, 0.3) is 5.76 Å². The average molecular weight is 354 g/mol. The number of benzene rings is 2. The van der Waals surface area contributed by atoms with Crippen LogP contribution in [-0.2, 0) is 4.79 Å². The summed E-state index contributed by atoms with van der Waals surface area (Å²) in [6, 6.07) is 23.7. The molecule has 0 aliphatic carbocycles. The summed E-state index contributed by atoms with van der Waals surface area (Å²) in [5.41, 5.74) is 2.08. The summed E-state index contributed by atoms with van der Waals surface area (Å²) in [6.45, 7) is 3.99. The Morgan fingerprint density at radius 2 is 1.56 bits per heavy atom. The smallest absolute Gasteiger partial charge is 0.211 e. The molecule has 1 fully saturated rings. The molecule has 4 rings (SSSR count). The number of pyridine rings is 1. The van der Waals surface area contributed by atoms with Crippen molar-refractivity contribution in [3.8, 4) is 0 Å². The number of aliphatic hydroxyl groups is 1. The first kappa shape index (κ1) is 16.8. The fraction of sp³-hybridized carbons (Fsp3) is 0.0435. The molecule has 1 aromatic heterocycles. The summed E-state index contributed by atoms with van der Waals surface area (Å²) in [6.07, 6.45) is 1.67. The van der Waals surface area contributed by atoms with E-state index in [-0.39, 0.29) is 11.5 Å². The molecule has 0 spiro atoms. The van der Waals surface area contributed by atoms with Gasteiger partial charge in [-0.25, -0.2) is 4.98 Å². The second-order valence-corrected chi connectivity index (χ2v) is 6.28. The van der Waals surface area contributed by atoms with E-state index in [1.165, 1.54) is 0 Å². The Kier molecular flexibility index (Phi) is 4.30. The van der Waals surface area contributed by atoms with Crippen molar-refractivity contribution < 1.29 is 9.90 Å². The first-order chi connectivity index (χ1) is 13.2. The van der Waals surface area contributed by atoms with E-state index in [9.17, 15) is 9.90 Å². The van der Waals surface area contributed by atoms with E-state index in [0.717, 1.165) is 5.56 Å². The summed E-state index contributed by atoms with van der Waals surface area (Å²) in [5.74, 6) is 0.297. The molecule has 4 heteroatoms. The number of hydrogen-bond donors (Lipinski definition) is 1. The van der Waals surface area contributed by atoms with Gasteiger partial charge in [0, 0.05) is 11.8 Å². The molecule has 1 atom stereocenters. The van der Waals surface area contributed by atoms with Gasteiger partial charge in [-0.1, -0.05) is 73.3 Å². The first-order valence-corrected chi connectivity index (χ1v) is 8.66. The summed E-state index contributed by atoms with van der Waals surface area (Å²) in [5, 5.41) is 11.0. The second kappa shape index (κ2) is 6.92. The number of nitrogens with zero attached hydrogens (tertiary/aromatic N) is 2. The molecule has 27 heavy (non-hydrogen) atoms. The molecule has 4 nitrogen and oxygen atoms in total. The van der Waals surface area contributed by atoms with E-state index in [0.29, 0.717) is 22.7 Å². The van der Waals surface area contributed by atoms with Gasteiger partial charge in [-0.3, -0.25) is 4.79 Å². The molecule has 0 bridgehead atoms. The lowest BCUT2D eigenvalue weighted by Crippen LogP contribution is -2.22. The SMILES string of the molecule is C=C1C(=O)C(=C(O)c2ccccc2)C(c2ccccc2)N1c1ccccn1. The van der Waals surface area contributed by atoms with Gasteiger partial charge in [0.25, 0.3) is 0 Å². The number of rotatable bonds is 3. The average Bonchev–Trinajstić information content (AvgIpc) is 3.00. The van der Waals surface area contributed by atoms with Crippen molar-refractivity contribution in [1.82, 2.24) is 4.98 Å². The lowest BCUT2D eigenvalue weighted by molar-refractivity contribution is -0.111. The van der Waals surface area contributed by atoms with E-state index in [2.05, 4.69) is 11.6 Å². The molecule has 1 aliphatic rings. The van der Waals surface area contributed by atoms with E-state index >= 15 is 0 Å². The third-order valence-corrected chi connectivity index (χ3v) is 4.64. The maximum absolute atomic E-state index is 13.1. The third-order valence-electron chi connectivity index (χ3n) is 4.64. The highest BCUT2D eigenvalue weighted by Crippen LogP contribution is 2.44. The third kappa shape index (κ3) is 2.91. The second-order valence-electron chi connectivity index (χ2n) is 6.28. The molecule has 2 heterocycles. The molecule has 2 aromatic carbocycles. The van der Waals surface area contributed by atoms with Crippen molar-refractivity contribution in [2.45, 2.75) is 6.04 Å². The van der Waals surface area contributed by atoms with Gasteiger partial charge in [-0.05, 0) is 17.7 Å².